The molecule has 0 amide bonds. The number of ether oxygens (including phenoxy) is 7. The molecular formula is C48H94O7. The molecule has 0 aromatic carbocycles. The van der Waals surface area contributed by atoms with E-state index in [2.05, 4.69) is 39.8 Å². The third kappa shape index (κ3) is 39.8. The Labute approximate surface area is 342 Å². The van der Waals surface area contributed by atoms with Crippen molar-refractivity contribution in [3.63, 3.8) is 0 Å². The predicted molar refractivity (Wildman–Crippen MR) is 234 cm³/mol. The van der Waals surface area contributed by atoms with Gasteiger partial charge < -0.3 is 33.2 Å². The molecule has 0 fully saturated rings. The zero-order chi connectivity index (χ0) is 40.1. The van der Waals surface area contributed by atoms with E-state index in [1.807, 2.05) is 12.2 Å². The fourth-order valence-corrected chi connectivity index (χ4v) is 6.56. The number of hydrogen-bond donors (Lipinski definition) is 0. The summed E-state index contributed by atoms with van der Waals surface area (Å²) in [4.78, 5) is 0. The van der Waals surface area contributed by atoms with Crippen LogP contribution in [-0.2, 0) is 33.2 Å². The maximum atomic E-state index is 6.23. The van der Waals surface area contributed by atoms with E-state index in [0.717, 1.165) is 52.1 Å². The fourth-order valence-electron chi connectivity index (χ4n) is 6.56. The Kier molecular flexibility index (Phi) is 45.2. The van der Waals surface area contributed by atoms with Crippen LogP contribution in [0, 0.1) is 0 Å². The average Bonchev–Trinajstić information content (AvgIpc) is 3.20. The Balaban J connectivity index is 4.95. The maximum absolute atomic E-state index is 6.23. The fraction of sp³-hybridized carbons (Fsp3) is 0.917. The summed E-state index contributed by atoms with van der Waals surface area (Å²) < 4.78 is 42.4. The van der Waals surface area contributed by atoms with Gasteiger partial charge >= 0.3 is 0 Å². The quantitative estimate of drug-likeness (QED) is 0.0346. The Morgan fingerprint density at radius 2 is 0.564 bits per heavy atom. The molecule has 0 aliphatic carbocycles. The molecule has 0 aromatic heterocycles. The summed E-state index contributed by atoms with van der Waals surface area (Å²) in [6.45, 7) is 12.0. The lowest BCUT2D eigenvalue weighted by Crippen LogP contribution is -2.23. The Morgan fingerprint density at radius 3 is 0.800 bits per heavy atom. The van der Waals surface area contributed by atoms with Gasteiger partial charge in [-0.25, -0.2) is 0 Å². The third-order valence-electron chi connectivity index (χ3n) is 10.2. The first-order valence-corrected chi connectivity index (χ1v) is 23.7. The van der Waals surface area contributed by atoms with E-state index in [4.69, 9.17) is 33.2 Å². The maximum Gasteiger partial charge on any atom is 0.179 e. The van der Waals surface area contributed by atoms with E-state index in [1.54, 1.807) is 14.2 Å². The van der Waals surface area contributed by atoms with Crippen molar-refractivity contribution in [2.75, 3.05) is 40.6 Å². The highest BCUT2D eigenvalue weighted by atomic mass is 16.8. The van der Waals surface area contributed by atoms with Gasteiger partial charge in [-0.2, -0.15) is 0 Å². The molecule has 0 saturated carbocycles. The van der Waals surface area contributed by atoms with Crippen LogP contribution in [0.1, 0.15) is 220 Å². The van der Waals surface area contributed by atoms with Crippen molar-refractivity contribution in [3.05, 3.63) is 24.3 Å². The molecule has 0 radical (unpaired) electrons. The standard InChI is InChI=1S/C48H94O7/c1-7-11-15-19-23-27-31-41-51-47(52-42-32-28-24-20-16-12-8-2)39-35-37-45(49-5)55-46(50-6)38-36-40-48(53-43-33-29-25-21-17-13-9-3)54-44-34-30-26-22-18-14-10-4/h35-38,45-48H,7-34,39-44H2,1-6H3. The van der Waals surface area contributed by atoms with Crippen LogP contribution in [0.2, 0.25) is 0 Å². The van der Waals surface area contributed by atoms with Gasteiger partial charge in [0, 0.05) is 53.5 Å². The highest BCUT2D eigenvalue weighted by Crippen LogP contribution is 2.15. The second-order valence-corrected chi connectivity index (χ2v) is 15.5. The molecule has 55 heavy (non-hydrogen) atoms. The molecule has 0 aromatic rings. The minimum Gasteiger partial charge on any atom is -0.352 e. The molecule has 0 spiro atoms. The van der Waals surface area contributed by atoms with Crippen LogP contribution < -0.4 is 0 Å². The molecule has 0 aliphatic rings. The molecule has 7 heteroatoms. The van der Waals surface area contributed by atoms with Gasteiger partial charge in [0.25, 0.3) is 0 Å². The van der Waals surface area contributed by atoms with E-state index in [1.165, 1.54) is 154 Å². The molecule has 2 atom stereocenters. The summed E-state index contributed by atoms with van der Waals surface area (Å²) in [6.07, 6.45) is 43.1. The Bertz CT molecular complexity index is 673. The molecule has 328 valence electrons. The molecule has 0 N–H and O–H groups in total. The Hall–Kier alpha value is -0.800. The van der Waals surface area contributed by atoms with Gasteiger partial charge in [0.1, 0.15) is 0 Å². The summed E-state index contributed by atoms with van der Waals surface area (Å²) in [6, 6.07) is 0. The van der Waals surface area contributed by atoms with Crippen LogP contribution in [0.25, 0.3) is 0 Å². The first-order valence-electron chi connectivity index (χ1n) is 23.7. The zero-order valence-corrected chi connectivity index (χ0v) is 37.5. The minimum atomic E-state index is -0.556. The van der Waals surface area contributed by atoms with Crippen molar-refractivity contribution >= 4 is 0 Å². The van der Waals surface area contributed by atoms with Crippen molar-refractivity contribution < 1.29 is 33.2 Å². The monoisotopic (exact) mass is 783 g/mol. The molecule has 7 nitrogen and oxygen atoms in total. The number of rotatable bonds is 46. The van der Waals surface area contributed by atoms with E-state index in [0.29, 0.717) is 12.8 Å². The first-order chi connectivity index (χ1) is 27.1. The summed E-state index contributed by atoms with van der Waals surface area (Å²) in [5.74, 6) is 0. The van der Waals surface area contributed by atoms with E-state index < -0.39 is 12.6 Å². The van der Waals surface area contributed by atoms with Gasteiger partial charge in [-0.05, 0) is 37.8 Å². The molecule has 0 rings (SSSR count). The van der Waals surface area contributed by atoms with Crippen LogP contribution in [0.4, 0.5) is 0 Å². The van der Waals surface area contributed by atoms with Crippen LogP contribution >= 0.6 is 0 Å². The smallest absolute Gasteiger partial charge is 0.179 e. The number of hydrogen-bond acceptors (Lipinski definition) is 7. The van der Waals surface area contributed by atoms with Gasteiger partial charge in [-0.15, -0.1) is 0 Å². The summed E-state index contributed by atoms with van der Waals surface area (Å²) in [5.41, 5.74) is 0. The second kappa shape index (κ2) is 45.9. The molecule has 0 saturated heterocycles. The lowest BCUT2D eigenvalue weighted by molar-refractivity contribution is -0.189. The highest BCUT2D eigenvalue weighted by Gasteiger charge is 2.14. The largest absolute Gasteiger partial charge is 0.352 e. The minimum absolute atomic E-state index is 0.258. The van der Waals surface area contributed by atoms with Gasteiger partial charge in [0.05, 0.1) is 0 Å². The Morgan fingerprint density at radius 1 is 0.327 bits per heavy atom. The second-order valence-electron chi connectivity index (χ2n) is 15.5. The topological polar surface area (TPSA) is 64.6 Å². The average molecular weight is 783 g/mol. The van der Waals surface area contributed by atoms with Gasteiger partial charge in [-0.1, -0.05) is 194 Å². The summed E-state index contributed by atoms with van der Waals surface area (Å²) >= 11 is 0. The lowest BCUT2D eigenvalue weighted by atomic mass is 10.1. The highest BCUT2D eigenvalue weighted by molar-refractivity contribution is 4.90. The van der Waals surface area contributed by atoms with E-state index >= 15 is 0 Å². The summed E-state index contributed by atoms with van der Waals surface area (Å²) in [7, 11) is 3.31. The van der Waals surface area contributed by atoms with Crippen molar-refractivity contribution in [3.8, 4) is 0 Å². The molecule has 0 aliphatic heterocycles. The summed E-state index contributed by atoms with van der Waals surface area (Å²) in [5, 5.41) is 0. The number of unbranched alkanes of at least 4 members (excludes halogenated alkanes) is 24. The van der Waals surface area contributed by atoms with E-state index in [-0.39, 0.29) is 12.6 Å². The molecule has 0 heterocycles. The van der Waals surface area contributed by atoms with Crippen LogP contribution in [0.5, 0.6) is 0 Å². The SMILES string of the molecule is CCCCCCCCCOC(CC=CC(OC)OC(C=CCC(OCCCCCCCCC)OCCCCCCCCC)OC)OCCCCCCCCC. The number of methoxy groups -OCH3 is 2. The van der Waals surface area contributed by atoms with Gasteiger partial charge in [-0.3, -0.25) is 0 Å². The van der Waals surface area contributed by atoms with Crippen LogP contribution in [0.3, 0.4) is 0 Å². The van der Waals surface area contributed by atoms with Crippen LogP contribution in [-0.4, -0.2) is 65.8 Å². The van der Waals surface area contributed by atoms with Crippen molar-refractivity contribution in [1.29, 1.82) is 0 Å². The van der Waals surface area contributed by atoms with Crippen molar-refractivity contribution in [2.24, 2.45) is 0 Å². The van der Waals surface area contributed by atoms with Crippen molar-refractivity contribution in [2.45, 2.75) is 245 Å². The lowest BCUT2D eigenvalue weighted by Gasteiger charge is -2.20. The molecular weight excluding hydrogens is 689 g/mol. The third-order valence-corrected chi connectivity index (χ3v) is 10.2. The predicted octanol–water partition coefficient (Wildman–Crippen LogP) is 14.6. The van der Waals surface area contributed by atoms with Gasteiger partial charge in [0.15, 0.2) is 25.2 Å². The molecule has 2 unspecified atom stereocenters. The molecule has 0 bridgehead atoms. The zero-order valence-electron chi connectivity index (χ0n) is 37.5. The van der Waals surface area contributed by atoms with E-state index in [9.17, 15) is 0 Å². The van der Waals surface area contributed by atoms with Gasteiger partial charge in [0.2, 0.25) is 0 Å². The van der Waals surface area contributed by atoms with Crippen molar-refractivity contribution in [1.82, 2.24) is 0 Å². The first kappa shape index (κ1) is 54.2. The normalized spacial score (nSPS) is 13.4. The van der Waals surface area contributed by atoms with Crippen LogP contribution in [0.15, 0.2) is 24.3 Å².